The molecule has 2 aromatic rings. The molecule has 0 bridgehead atoms. The summed E-state index contributed by atoms with van der Waals surface area (Å²) in [7, 11) is 0. The maximum atomic E-state index is 11.7. The Kier molecular flexibility index (Phi) is 4.75. The van der Waals surface area contributed by atoms with E-state index in [2.05, 4.69) is 27.4 Å². The summed E-state index contributed by atoms with van der Waals surface area (Å²) in [4.78, 5) is 15.9. The van der Waals surface area contributed by atoms with E-state index in [0.29, 0.717) is 5.13 Å². The van der Waals surface area contributed by atoms with E-state index in [4.69, 9.17) is 0 Å². The van der Waals surface area contributed by atoms with Crippen molar-refractivity contribution in [3.05, 3.63) is 27.2 Å². The van der Waals surface area contributed by atoms with Crippen molar-refractivity contribution >= 4 is 39.8 Å². The number of anilines is 1. The molecule has 7 heteroatoms. The fourth-order valence-electron chi connectivity index (χ4n) is 1.38. The highest BCUT2D eigenvalue weighted by Crippen LogP contribution is 2.16. The number of rotatable bonds is 5. The van der Waals surface area contributed by atoms with Crippen LogP contribution in [0.25, 0.3) is 6.08 Å². The number of amides is 1. The van der Waals surface area contributed by atoms with Crippen molar-refractivity contribution in [2.24, 2.45) is 0 Å². The Bertz CT molecular complexity index is 588. The molecule has 0 aliphatic rings. The van der Waals surface area contributed by atoms with E-state index >= 15 is 0 Å². The lowest BCUT2D eigenvalue weighted by Gasteiger charge is -1.93. The van der Waals surface area contributed by atoms with Gasteiger partial charge >= 0.3 is 0 Å². The van der Waals surface area contributed by atoms with Gasteiger partial charge in [-0.25, -0.2) is 4.98 Å². The van der Waals surface area contributed by atoms with Crippen LogP contribution in [0.5, 0.6) is 0 Å². The Hall–Kier alpha value is -1.60. The fraction of sp³-hybridized carbons (Fsp3) is 0.333. The van der Waals surface area contributed by atoms with Crippen LogP contribution in [-0.4, -0.2) is 21.1 Å². The minimum atomic E-state index is -0.218. The van der Waals surface area contributed by atoms with Gasteiger partial charge in [-0.1, -0.05) is 18.3 Å². The number of hydrogen-bond donors (Lipinski definition) is 1. The first-order valence-corrected chi connectivity index (χ1v) is 7.60. The van der Waals surface area contributed by atoms with Crippen molar-refractivity contribution in [1.82, 2.24) is 15.2 Å². The van der Waals surface area contributed by atoms with Gasteiger partial charge in [0.1, 0.15) is 5.01 Å². The first kappa shape index (κ1) is 13.8. The van der Waals surface area contributed by atoms with E-state index in [-0.39, 0.29) is 5.91 Å². The standard InChI is InChI=1S/C12H14N4OS2/c1-3-4-11-15-16-12(19-11)14-10(17)6-5-9-7-18-8(2)13-9/h5-7H,3-4H2,1-2H3,(H,14,16,17)/b6-5+. The zero-order valence-corrected chi connectivity index (χ0v) is 12.3. The molecule has 0 fully saturated rings. The largest absolute Gasteiger partial charge is 0.297 e. The monoisotopic (exact) mass is 294 g/mol. The van der Waals surface area contributed by atoms with Crippen LogP contribution in [0.15, 0.2) is 11.5 Å². The summed E-state index contributed by atoms with van der Waals surface area (Å²) in [5, 5.41) is 15.0. The number of carbonyl (C=O) groups excluding carboxylic acids is 1. The van der Waals surface area contributed by atoms with Crippen LogP contribution in [0, 0.1) is 6.92 Å². The lowest BCUT2D eigenvalue weighted by molar-refractivity contribution is -0.111. The van der Waals surface area contributed by atoms with Crippen molar-refractivity contribution in [1.29, 1.82) is 0 Å². The molecule has 5 nitrogen and oxygen atoms in total. The number of aromatic nitrogens is 3. The molecule has 2 aromatic heterocycles. The van der Waals surface area contributed by atoms with Crippen LogP contribution in [0.1, 0.15) is 29.1 Å². The van der Waals surface area contributed by atoms with Crippen molar-refractivity contribution < 1.29 is 4.79 Å². The van der Waals surface area contributed by atoms with Gasteiger partial charge < -0.3 is 0 Å². The van der Waals surface area contributed by atoms with E-state index in [1.807, 2.05) is 12.3 Å². The fourth-order valence-corrected chi connectivity index (χ4v) is 2.81. The second-order valence-corrected chi connectivity index (χ2v) is 5.99. The third-order valence-electron chi connectivity index (χ3n) is 2.20. The molecule has 1 amide bonds. The van der Waals surface area contributed by atoms with Gasteiger partial charge in [-0.2, -0.15) is 0 Å². The van der Waals surface area contributed by atoms with Crippen LogP contribution < -0.4 is 5.32 Å². The van der Waals surface area contributed by atoms with Crippen LogP contribution in [0.3, 0.4) is 0 Å². The summed E-state index contributed by atoms with van der Waals surface area (Å²) in [6.45, 7) is 4.01. The quantitative estimate of drug-likeness (QED) is 0.861. The Balaban J connectivity index is 1.91. The average Bonchev–Trinajstić information content (AvgIpc) is 2.97. The summed E-state index contributed by atoms with van der Waals surface area (Å²) in [5.41, 5.74) is 0.793. The highest BCUT2D eigenvalue weighted by atomic mass is 32.1. The zero-order valence-electron chi connectivity index (χ0n) is 10.7. The molecule has 0 unspecified atom stereocenters. The molecule has 0 radical (unpaired) electrons. The molecule has 2 rings (SSSR count). The van der Waals surface area contributed by atoms with E-state index in [0.717, 1.165) is 28.6 Å². The Morgan fingerprint density at radius 3 is 3.00 bits per heavy atom. The number of aryl methyl sites for hydroxylation is 2. The minimum Gasteiger partial charge on any atom is -0.297 e. The molecule has 2 heterocycles. The first-order valence-electron chi connectivity index (χ1n) is 5.91. The van der Waals surface area contributed by atoms with Crippen LogP contribution in [0.2, 0.25) is 0 Å². The van der Waals surface area contributed by atoms with Crippen molar-refractivity contribution in [3.63, 3.8) is 0 Å². The molecule has 0 spiro atoms. The third kappa shape index (κ3) is 4.22. The Labute approximate surface area is 119 Å². The van der Waals surface area contributed by atoms with Gasteiger partial charge in [0.05, 0.1) is 10.7 Å². The highest BCUT2D eigenvalue weighted by molar-refractivity contribution is 7.15. The molecule has 1 N–H and O–H groups in total. The highest BCUT2D eigenvalue weighted by Gasteiger charge is 2.05. The van der Waals surface area contributed by atoms with Crippen LogP contribution in [0.4, 0.5) is 5.13 Å². The lowest BCUT2D eigenvalue weighted by atomic mass is 10.4. The molecule has 0 saturated heterocycles. The molecule has 100 valence electrons. The van der Waals surface area contributed by atoms with Crippen LogP contribution in [-0.2, 0) is 11.2 Å². The zero-order chi connectivity index (χ0) is 13.7. The third-order valence-corrected chi connectivity index (χ3v) is 3.89. The SMILES string of the molecule is CCCc1nnc(NC(=O)/C=C/c2csc(C)n2)s1. The number of nitrogens with zero attached hydrogens (tertiary/aromatic N) is 3. The first-order chi connectivity index (χ1) is 9.17. The minimum absolute atomic E-state index is 0.218. The van der Waals surface area contributed by atoms with Gasteiger partial charge in [0.2, 0.25) is 11.0 Å². The van der Waals surface area contributed by atoms with Crippen LogP contribution >= 0.6 is 22.7 Å². The Morgan fingerprint density at radius 2 is 2.32 bits per heavy atom. The number of nitrogens with one attached hydrogen (secondary N) is 1. The van der Waals surface area contributed by atoms with E-state index < -0.39 is 0 Å². The van der Waals surface area contributed by atoms with E-state index in [1.54, 1.807) is 17.4 Å². The maximum Gasteiger partial charge on any atom is 0.250 e. The molecular weight excluding hydrogens is 280 g/mol. The number of hydrogen-bond acceptors (Lipinski definition) is 6. The smallest absolute Gasteiger partial charge is 0.250 e. The van der Waals surface area contributed by atoms with E-state index in [1.165, 1.54) is 17.4 Å². The summed E-state index contributed by atoms with van der Waals surface area (Å²) in [6, 6.07) is 0. The summed E-state index contributed by atoms with van der Waals surface area (Å²) in [5.74, 6) is -0.218. The topological polar surface area (TPSA) is 67.8 Å². The predicted molar refractivity (Wildman–Crippen MR) is 78.4 cm³/mol. The molecule has 19 heavy (non-hydrogen) atoms. The van der Waals surface area contributed by atoms with Gasteiger partial charge in [-0.05, 0) is 19.4 Å². The van der Waals surface area contributed by atoms with Gasteiger partial charge in [0, 0.05) is 17.9 Å². The van der Waals surface area contributed by atoms with Gasteiger partial charge in [-0.3, -0.25) is 10.1 Å². The normalized spacial score (nSPS) is 11.1. The number of carbonyl (C=O) groups is 1. The van der Waals surface area contributed by atoms with Crippen molar-refractivity contribution in [3.8, 4) is 0 Å². The Morgan fingerprint density at radius 1 is 1.47 bits per heavy atom. The molecule has 0 atom stereocenters. The summed E-state index contributed by atoms with van der Waals surface area (Å²) < 4.78 is 0. The molecule has 0 saturated carbocycles. The predicted octanol–water partition coefficient (Wildman–Crippen LogP) is 2.91. The second-order valence-electron chi connectivity index (χ2n) is 3.86. The molecule has 0 aromatic carbocycles. The summed E-state index contributed by atoms with van der Waals surface area (Å²) >= 11 is 2.96. The summed E-state index contributed by atoms with van der Waals surface area (Å²) in [6.07, 6.45) is 5.05. The van der Waals surface area contributed by atoms with Gasteiger partial charge in [0.15, 0.2) is 0 Å². The lowest BCUT2D eigenvalue weighted by Crippen LogP contribution is -2.07. The molecule has 0 aliphatic heterocycles. The van der Waals surface area contributed by atoms with E-state index in [9.17, 15) is 4.79 Å². The molecular formula is C12H14N4OS2. The average molecular weight is 294 g/mol. The van der Waals surface area contributed by atoms with Gasteiger partial charge in [0.25, 0.3) is 0 Å². The van der Waals surface area contributed by atoms with Crippen molar-refractivity contribution in [2.75, 3.05) is 5.32 Å². The molecule has 0 aliphatic carbocycles. The van der Waals surface area contributed by atoms with Gasteiger partial charge in [-0.15, -0.1) is 21.5 Å². The van der Waals surface area contributed by atoms with Crippen molar-refractivity contribution in [2.45, 2.75) is 26.7 Å². The number of thiazole rings is 1. The maximum absolute atomic E-state index is 11.7. The second kappa shape index (κ2) is 6.53.